The van der Waals surface area contributed by atoms with Crippen LogP contribution in [0.25, 0.3) is 0 Å². The Bertz CT molecular complexity index is 1300. The monoisotopic (exact) mass is 514 g/mol. The summed E-state index contributed by atoms with van der Waals surface area (Å²) in [5.41, 5.74) is 0.862. The SMILES string of the molecule is C[C@H](CO)N1C[C@H](C)[C@H](CN(C)C(=O)c2cccc(F)c2)Oc2cc(C#CC3CC3)ccc2S1(=O)=O. The van der Waals surface area contributed by atoms with Crippen LogP contribution in [0.4, 0.5) is 4.39 Å². The van der Waals surface area contributed by atoms with Gasteiger partial charge in [0.2, 0.25) is 10.0 Å². The number of nitrogens with zero attached hydrogens (tertiary/aromatic N) is 2. The van der Waals surface area contributed by atoms with Gasteiger partial charge in [0.15, 0.2) is 0 Å². The second kappa shape index (κ2) is 10.6. The fourth-order valence-corrected chi connectivity index (χ4v) is 5.95. The second-order valence-corrected chi connectivity index (χ2v) is 11.5. The lowest BCUT2D eigenvalue weighted by atomic mass is 10.0. The normalized spacial score (nSPS) is 22.1. The van der Waals surface area contributed by atoms with Gasteiger partial charge in [0, 0.05) is 42.6 Å². The van der Waals surface area contributed by atoms with Gasteiger partial charge in [-0.3, -0.25) is 4.79 Å². The van der Waals surface area contributed by atoms with Crippen molar-refractivity contribution in [2.24, 2.45) is 11.8 Å². The number of benzene rings is 2. The highest BCUT2D eigenvalue weighted by molar-refractivity contribution is 7.89. The zero-order valence-corrected chi connectivity index (χ0v) is 21.5. The molecule has 1 aliphatic heterocycles. The van der Waals surface area contributed by atoms with Crippen molar-refractivity contribution in [1.82, 2.24) is 9.21 Å². The Hall–Kier alpha value is -2.93. The van der Waals surface area contributed by atoms with E-state index < -0.39 is 28.0 Å². The number of rotatable bonds is 5. The van der Waals surface area contributed by atoms with Gasteiger partial charge in [0.1, 0.15) is 22.6 Å². The Kier molecular flexibility index (Phi) is 7.69. The fourth-order valence-electron chi connectivity index (χ4n) is 4.13. The highest BCUT2D eigenvalue weighted by Crippen LogP contribution is 2.34. The van der Waals surface area contributed by atoms with E-state index in [1.165, 1.54) is 33.5 Å². The summed E-state index contributed by atoms with van der Waals surface area (Å²) in [6.07, 6.45) is 1.58. The van der Waals surface area contributed by atoms with E-state index in [0.717, 1.165) is 12.8 Å². The maximum Gasteiger partial charge on any atom is 0.253 e. The topological polar surface area (TPSA) is 87.2 Å². The molecular formula is C27H31FN2O5S. The fraction of sp³-hybridized carbons (Fsp3) is 0.444. The lowest BCUT2D eigenvalue weighted by Gasteiger charge is -2.37. The molecule has 1 saturated carbocycles. The first-order chi connectivity index (χ1) is 17.1. The molecule has 1 heterocycles. The molecular weight excluding hydrogens is 483 g/mol. The van der Waals surface area contributed by atoms with Crippen molar-refractivity contribution < 1.29 is 27.4 Å². The molecule has 1 fully saturated rings. The van der Waals surface area contributed by atoms with E-state index in [1.54, 1.807) is 32.2 Å². The Morgan fingerprint density at radius 2 is 2.03 bits per heavy atom. The number of aliphatic hydroxyl groups excluding tert-OH is 1. The quantitative estimate of drug-likeness (QED) is 0.620. The van der Waals surface area contributed by atoms with E-state index in [4.69, 9.17) is 4.74 Å². The van der Waals surface area contributed by atoms with Crippen LogP contribution in [0.2, 0.25) is 0 Å². The van der Waals surface area contributed by atoms with Gasteiger partial charge in [0.05, 0.1) is 13.2 Å². The van der Waals surface area contributed by atoms with Crippen LogP contribution in [0.1, 0.15) is 42.6 Å². The van der Waals surface area contributed by atoms with E-state index in [1.807, 2.05) is 6.92 Å². The van der Waals surface area contributed by atoms with Crippen molar-refractivity contribution in [1.29, 1.82) is 0 Å². The number of sulfonamides is 1. The lowest BCUT2D eigenvalue weighted by Crippen LogP contribution is -2.50. The number of hydrogen-bond donors (Lipinski definition) is 1. The summed E-state index contributed by atoms with van der Waals surface area (Å²) in [7, 11) is -2.36. The largest absolute Gasteiger partial charge is 0.487 e. The number of ether oxygens (including phenoxy) is 1. The van der Waals surface area contributed by atoms with Crippen molar-refractivity contribution in [3.63, 3.8) is 0 Å². The molecule has 0 aromatic heterocycles. The maximum atomic E-state index is 13.7. The van der Waals surface area contributed by atoms with Crippen LogP contribution < -0.4 is 4.74 Å². The molecule has 0 bridgehead atoms. The molecule has 2 aromatic carbocycles. The van der Waals surface area contributed by atoms with Gasteiger partial charge in [-0.2, -0.15) is 4.31 Å². The zero-order chi connectivity index (χ0) is 26.0. The van der Waals surface area contributed by atoms with Crippen LogP contribution in [-0.4, -0.2) is 67.5 Å². The predicted octanol–water partition coefficient (Wildman–Crippen LogP) is 3.13. The summed E-state index contributed by atoms with van der Waals surface area (Å²) < 4.78 is 48.4. The smallest absolute Gasteiger partial charge is 0.253 e. The molecule has 0 unspecified atom stereocenters. The molecule has 0 spiro atoms. The Morgan fingerprint density at radius 3 is 2.69 bits per heavy atom. The third-order valence-electron chi connectivity index (χ3n) is 6.54. The molecule has 4 rings (SSSR count). The summed E-state index contributed by atoms with van der Waals surface area (Å²) in [5.74, 6) is 5.62. The molecule has 1 amide bonds. The highest BCUT2D eigenvalue weighted by atomic mass is 32.2. The first-order valence-corrected chi connectivity index (χ1v) is 13.5. The number of hydrogen-bond acceptors (Lipinski definition) is 5. The molecule has 2 aliphatic rings. The number of carbonyl (C=O) groups excluding carboxylic acids is 1. The van der Waals surface area contributed by atoms with E-state index in [0.29, 0.717) is 11.5 Å². The van der Waals surface area contributed by atoms with Crippen LogP contribution >= 0.6 is 0 Å². The minimum atomic E-state index is -3.96. The molecule has 0 saturated heterocycles. The minimum Gasteiger partial charge on any atom is -0.487 e. The van der Waals surface area contributed by atoms with Gasteiger partial charge in [-0.25, -0.2) is 12.8 Å². The molecule has 3 atom stereocenters. The van der Waals surface area contributed by atoms with Crippen LogP contribution in [0.15, 0.2) is 47.4 Å². The van der Waals surface area contributed by atoms with Gasteiger partial charge in [0.25, 0.3) is 5.91 Å². The Morgan fingerprint density at radius 1 is 1.28 bits per heavy atom. The van der Waals surface area contributed by atoms with Crippen molar-refractivity contribution in [2.75, 3.05) is 26.7 Å². The molecule has 0 radical (unpaired) electrons. The first kappa shape index (κ1) is 26.1. The van der Waals surface area contributed by atoms with E-state index in [-0.39, 0.29) is 47.7 Å². The molecule has 2 aromatic rings. The average molecular weight is 515 g/mol. The Labute approximate surface area is 211 Å². The van der Waals surface area contributed by atoms with Crippen LogP contribution in [-0.2, 0) is 10.0 Å². The third kappa shape index (κ3) is 5.72. The number of halogens is 1. The number of likely N-dealkylation sites (N-methyl/N-ethyl adjacent to an activating group) is 1. The van der Waals surface area contributed by atoms with Crippen molar-refractivity contribution >= 4 is 15.9 Å². The van der Waals surface area contributed by atoms with Crippen molar-refractivity contribution in [3.8, 4) is 17.6 Å². The van der Waals surface area contributed by atoms with Crippen molar-refractivity contribution in [3.05, 3.63) is 59.4 Å². The number of aliphatic hydroxyl groups is 1. The molecule has 7 nitrogen and oxygen atoms in total. The Balaban J connectivity index is 1.69. The van der Waals surface area contributed by atoms with Gasteiger partial charge < -0.3 is 14.7 Å². The summed E-state index contributed by atoms with van der Waals surface area (Å²) in [5, 5.41) is 9.78. The molecule has 1 aliphatic carbocycles. The summed E-state index contributed by atoms with van der Waals surface area (Å²) in [4.78, 5) is 14.4. The third-order valence-corrected chi connectivity index (χ3v) is 8.56. The molecule has 36 heavy (non-hydrogen) atoms. The highest BCUT2D eigenvalue weighted by Gasteiger charge is 2.38. The van der Waals surface area contributed by atoms with Gasteiger partial charge in [-0.05, 0) is 56.2 Å². The number of amides is 1. The predicted molar refractivity (Wildman–Crippen MR) is 133 cm³/mol. The van der Waals surface area contributed by atoms with Crippen molar-refractivity contribution in [2.45, 2.75) is 43.7 Å². The summed E-state index contributed by atoms with van der Waals surface area (Å²) in [6, 6.07) is 9.61. The number of carbonyl (C=O) groups is 1. The average Bonchev–Trinajstić information content (AvgIpc) is 3.68. The second-order valence-electron chi connectivity index (χ2n) is 9.64. The first-order valence-electron chi connectivity index (χ1n) is 12.1. The molecule has 192 valence electrons. The van der Waals surface area contributed by atoms with Crippen LogP contribution in [0.5, 0.6) is 5.75 Å². The molecule has 1 N–H and O–H groups in total. The minimum absolute atomic E-state index is 0.00391. The van der Waals surface area contributed by atoms with E-state index in [9.17, 15) is 22.7 Å². The van der Waals surface area contributed by atoms with Crippen LogP contribution in [0, 0.1) is 29.5 Å². The van der Waals surface area contributed by atoms with Crippen LogP contribution in [0.3, 0.4) is 0 Å². The molecule has 9 heteroatoms. The van der Waals surface area contributed by atoms with Gasteiger partial charge >= 0.3 is 0 Å². The van der Waals surface area contributed by atoms with E-state index in [2.05, 4.69) is 11.8 Å². The number of fused-ring (bicyclic) bond motifs is 1. The standard InChI is InChI=1S/C27H31FN2O5S/c1-18-15-30(19(2)17-31)36(33,34)26-12-11-21(10-9-20-7-8-20)13-24(26)35-25(18)16-29(3)27(32)22-5-4-6-23(28)14-22/h4-6,11-14,18-20,25,31H,7-8,15-17H2,1-3H3/t18-,19+,25-/m0/s1. The lowest BCUT2D eigenvalue weighted by molar-refractivity contribution is 0.0563. The maximum absolute atomic E-state index is 13.7. The summed E-state index contributed by atoms with van der Waals surface area (Å²) >= 11 is 0. The van der Waals surface area contributed by atoms with Gasteiger partial charge in [-0.1, -0.05) is 24.8 Å². The van der Waals surface area contributed by atoms with Gasteiger partial charge in [-0.15, -0.1) is 0 Å². The van der Waals surface area contributed by atoms with E-state index >= 15 is 0 Å². The summed E-state index contributed by atoms with van der Waals surface area (Å²) in [6.45, 7) is 3.40. The zero-order valence-electron chi connectivity index (χ0n) is 20.6.